The molecule has 0 aromatic heterocycles. The maximum Gasteiger partial charge on any atom is 0.192 e. The molecule has 1 saturated heterocycles. The van der Waals surface area contributed by atoms with Crippen molar-refractivity contribution in [1.82, 2.24) is 0 Å². The van der Waals surface area contributed by atoms with Crippen LogP contribution in [-0.2, 0) is 13.9 Å². The highest BCUT2D eigenvalue weighted by Gasteiger charge is 2.64. The standard InChI is InChI=1S/C23H38BrNO3Si/c1-17(15-24)19(28-29(5,6)21(2,3)4)14-22-9-7-8-18(16-25)20(22)23(11-10-22)26-12-13-27-23/h18-20H,1,7-15H2,2-6H3/t18-,19-,20-,22-/m0/s1. The fourth-order valence-corrected chi connectivity index (χ4v) is 7.25. The zero-order valence-corrected chi connectivity index (χ0v) is 21.4. The first-order valence-electron chi connectivity index (χ1n) is 11.1. The molecule has 29 heavy (non-hydrogen) atoms. The van der Waals surface area contributed by atoms with Gasteiger partial charge in [-0.05, 0) is 54.8 Å². The topological polar surface area (TPSA) is 51.5 Å². The number of halogens is 1. The molecule has 4 atom stereocenters. The summed E-state index contributed by atoms with van der Waals surface area (Å²) in [6.45, 7) is 17.1. The minimum absolute atomic E-state index is 0.00453. The molecular weight excluding hydrogens is 446 g/mol. The van der Waals surface area contributed by atoms with Crippen molar-refractivity contribution in [2.24, 2.45) is 17.3 Å². The van der Waals surface area contributed by atoms with E-state index < -0.39 is 14.1 Å². The highest BCUT2D eigenvalue weighted by Crippen LogP contribution is 2.63. The number of fused-ring (bicyclic) bond motifs is 2. The molecule has 1 heterocycles. The molecule has 1 spiro atoms. The third-order valence-corrected chi connectivity index (χ3v) is 13.3. The summed E-state index contributed by atoms with van der Waals surface area (Å²) in [5, 5.41) is 10.9. The van der Waals surface area contributed by atoms with Crippen LogP contribution in [0.3, 0.4) is 0 Å². The second-order valence-electron chi connectivity index (χ2n) is 10.8. The van der Waals surface area contributed by atoms with Gasteiger partial charge in [-0.3, -0.25) is 0 Å². The number of hydrogen-bond donors (Lipinski definition) is 0. The van der Waals surface area contributed by atoms with E-state index in [1.165, 1.54) is 0 Å². The van der Waals surface area contributed by atoms with Crippen LogP contribution in [0.4, 0.5) is 0 Å². The summed E-state index contributed by atoms with van der Waals surface area (Å²) in [4.78, 5) is 0. The first kappa shape index (κ1) is 23.5. The van der Waals surface area contributed by atoms with Crippen LogP contribution >= 0.6 is 15.9 Å². The van der Waals surface area contributed by atoms with Crippen LogP contribution in [0.5, 0.6) is 0 Å². The molecule has 0 aromatic rings. The van der Waals surface area contributed by atoms with Crippen LogP contribution in [0.1, 0.15) is 59.3 Å². The number of ether oxygens (including phenoxy) is 2. The van der Waals surface area contributed by atoms with Gasteiger partial charge >= 0.3 is 0 Å². The molecule has 2 saturated carbocycles. The third kappa shape index (κ3) is 4.28. The average Bonchev–Trinajstić information content (AvgIpc) is 3.25. The molecule has 0 unspecified atom stereocenters. The van der Waals surface area contributed by atoms with Crippen molar-refractivity contribution in [3.8, 4) is 6.07 Å². The highest BCUT2D eigenvalue weighted by atomic mass is 79.9. The number of nitriles is 1. The lowest BCUT2D eigenvalue weighted by molar-refractivity contribution is -0.210. The fourth-order valence-electron chi connectivity index (χ4n) is 5.58. The van der Waals surface area contributed by atoms with Crippen molar-refractivity contribution in [3.63, 3.8) is 0 Å². The Hall–Kier alpha value is -0.193. The third-order valence-electron chi connectivity index (χ3n) is 8.10. The van der Waals surface area contributed by atoms with Gasteiger partial charge in [-0.2, -0.15) is 5.26 Å². The summed E-state index contributed by atoms with van der Waals surface area (Å²) in [5.74, 6) is -0.432. The molecule has 3 rings (SSSR count). The van der Waals surface area contributed by atoms with E-state index in [4.69, 9.17) is 13.9 Å². The summed E-state index contributed by atoms with van der Waals surface area (Å²) in [5.41, 5.74) is 1.14. The van der Waals surface area contributed by atoms with Crippen molar-refractivity contribution < 1.29 is 13.9 Å². The molecule has 0 radical (unpaired) electrons. The molecule has 164 valence electrons. The SMILES string of the molecule is C=C(CBr)[C@H](C[C@@]12CCC[C@@H](C#N)[C@@H]1C1(CC2)OCCO1)O[Si](C)(C)C(C)(C)C. The number of hydrogen-bond acceptors (Lipinski definition) is 4. The molecule has 2 aliphatic carbocycles. The van der Waals surface area contributed by atoms with Gasteiger partial charge in [0.15, 0.2) is 14.1 Å². The van der Waals surface area contributed by atoms with E-state index in [2.05, 4.69) is 62.4 Å². The van der Waals surface area contributed by atoms with Gasteiger partial charge in [-0.25, -0.2) is 0 Å². The average molecular weight is 485 g/mol. The number of alkyl halides is 1. The molecule has 3 aliphatic rings. The Kier molecular flexibility index (Phi) is 6.79. The second kappa shape index (κ2) is 8.39. The predicted octanol–water partition coefficient (Wildman–Crippen LogP) is 6.18. The van der Waals surface area contributed by atoms with Crippen molar-refractivity contribution >= 4 is 24.2 Å². The van der Waals surface area contributed by atoms with E-state index >= 15 is 0 Å². The number of nitrogens with zero attached hydrogens (tertiary/aromatic N) is 1. The maximum absolute atomic E-state index is 9.97. The highest BCUT2D eigenvalue weighted by molar-refractivity contribution is 9.09. The normalized spacial score (nSPS) is 32.7. The lowest BCUT2D eigenvalue weighted by Gasteiger charge is -2.49. The number of rotatable bonds is 6. The van der Waals surface area contributed by atoms with Crippen molar-refractivity contribution in [2.45, 2.75) is 89.3 Å². The van der Waals surface area contributed by atoms with Crippen molar-refractivity contribution in [1.29, 1.82) is 5.26 Å². The Morgan fingerprint density at radius 3 is 2.48 bits per heavy atom. The van der Waals surface area contributed by atoms with E-state index in [9.17, 15) is 5.26 Å². The maximum atomic E-state index is 9.97. The molecule has 6 heteroatoms. The van der Waals surface area contributed by atoms with E-state index in [0.29, 0.717) is 13.2 Å². The van der Waals surface area contributed by atoms with Crippen LogP contribution < -0.4 is 0 Å². The Bertz CT molecular complexity index is 662. The van der Waals surface area contributed by atoms with Crippen molar-refractivity contribution in [2.75, 3.05) is 18.5 Å². The Balaban J connectivity index is 1.93. The molecular formula is C23H38BrNO3Si. The zero-order valence-electron chi connectivity index (χ0n) is 18.9. The molecule has 0 aromatic carbocycles. The fraction of sp³-hybridized carbons (Fsp3) is 0.870. The molecule has 4 nitrogen and oxygen atoms in total. The zero-order chi connectivity index (χ0) is 21.5. The minimum Gasteiger partial charge on any atom is -0.410 e. The summed E-state index contributed by atoms with van der Waals surface area (Å²) in [6.07, 6.45) is 6.03. The Morgan fingerprint density at radius 1 is 1.28 bits per heavy atom. The molecule has 0 amide bonds. The van der Waals surface area contributed by atoms with Gasteiger partial charge in [0.2, 0.25) is 0 Å². The first-order valence-corrected chi connectivity index (χ1v) is 15.1. The van der Waals surface area contributed by atoms with E-state index in [1.54, 1.807) is 0 Å². The largest absolute Gasteiger partial charge is 0.410 e. The summed E-state index contributed by atoms with van der Waals surface area (Å²) < 4.78 is 19.4. The van der Waals surface area contributed by atoms with Crippen LogP contribution in [0.2, 0.25) is 18.1 Å². The smallest absolute Gasteiger partial charge is 0.192 e. The van der Waals surface area contributed by atoms with Crippen LogP contribution in [-0.4, -0.2) is 38.8 Å². The van der Waals surface area contributed by atoms with Gasteiger partial charge in [-0.1, -0.05) is 49.7 Å². The molecule has 0 N–H and O–H groups in total. The van der Waals surface area contributed by atoms with Crippen molar-refractivity contribution in [3.05, 3.63) is 12.2 Å². The lowest BCUT2D eigenvalue weighted by atomic mass is 9.60. The van der Waals surface area contributed by atoms with Gasteiger partial charge in [0, 0.05) is 17.7 Å². The second-order valence-corrected chi connectivity index (χ2v) is 16.2. The molecule has 3 fully saturated rings. The monoisotopic (exact) mass is 483 g/mol. The van der Waals surface area contributed by atoms with Crippen LogP contribution in [0, 0.1) is 28.6 Å². The van der Waals surface area contributed by atoms with Gasteiger partial charge in [0.25, 0.3) is 0 Å². The van der Waals surface area contributed by atoms with Gasteiger partial charge in [-0.15, -0.1) is 0 Å². The van der Waals surface area contributed by atoms with E-state index in [0.717, 1.165) is 49.4 Å². The van der Waals surface area contributed by atoms with E-state index in [1.807, 2.05) is 0 Å². The lowest BCUT2D eigenvalue weighted by Crippen LogP contribution is -2.50. The van der Waals surface area contributed by atoms with E-state index in [-0.39, 0.29) is 28.4 Å². The van der Waals surface area contributed by atoms with Gasteiger partial charge in [0.1, 0.15) is 0 Å². The summed E-state index contributed by atoms with van der Waals surface area (Å²) in [7, 11) is -1.95. The molecule has 0 bridgehead atoms. The minimum atomic E-state index is -1.95. The van der Waals surface area contributed by atoms with Crippen LogP contribution in [0.15, 0.2) is 12.2 Å². The Morgan fingerprint density at radius 2 is 1.93 bits per heavy atom. The Labute approximate surface area is 186 Å². The van der Waals surface area contributed by atoms with Gasteiger partial charge in [0.05, 0.1) is 31.3 Å². The summed E-state index contributed by atoms with van der Waals surface area (Å²) >= 11 is 3.63. The predicted molar refractivity (Wildman–Crippen MR) is 122 cm³/mol. The first-order chi connectivity index (χ1) is 13.5. The van der Waals surface area contributed by atoms with Gasteiger partial charge < -0.3 is 13.9 Å². The quantitative estimate of drug-likeness (QED) is 0.257. The molecule has 1 aliphatic heterocycles. The summed E-state index contributed by atoms with van der Waals surface area (Å²) in [6, 6.07) is 2.62. The van der Waals surface area contributed by atoms with Crippen LogP contribution in [0.25, 0.3) is 0 Å².